The molecule has 0 saturated carbocycles. The number of rotatable bonds is 6. The molecule has 0 aliphatic carbocycles. The molecule has 1 unspecified atom stereocenters. The predicted molar refractivity (Wildman–Crippen MR) is 74.3 cm³/mol. The molecule has 96 valence electrons. The van der Waals surface area contributed by atoms with E-state index >= 15 is 0 Å². The summed E-state index contributed by atoms with van der Waals surface area (Å²) in [5.41, 5.74) is 0. The van der Waals surface area contributed by atoms with E-state index in [0.29, 0.717) is 24.5 Å². The smallest absolute Gasteiger partial charge is 0.226 e. The van der Waals surface area contributed by atoms with E-state index in [9.17, 15) is 0 Å². The lowest BCUT2D eigenvalue weighted by Gasteiger charge is -2.13. The molecule has 2 rings (SSSR count). The summed E-state index contributed by atoms with van der Waals surface area (Å²) in [7, 11) is 0. The lowest BCUT2D eigenvalue weighted by atomic mass is 10.2. The monoisotopic (exact) mass is 263 g/mol. The Morgan fingerprint density at radius 3 is 3.06 bits per heavy atom. The quantitative estimate of drug-likeness (QED) is 0.870. The summed E-state index contributed by atoms with van der Waals surface area (Å²) in [6, 6.07) is 6.26. The first kappa shape index (κ1) is 12.8. The normalized spacial score (nSPS) is 12.1. The number of anilines is 1. The third-order valence-electron chi connectivity index (χ3n) is 2.39. The van der Waals surface area contributed by atoms with Crippen molar-refractivity contribution in [2.24, 2.45) is 0 Å². The van der Waals surface area contributed by atoms with E-state index in [1.807, 2.05) is 6.92 Å². The Kier molecular flexibility index (Phi) is 4.52. The van der Waals surface area contributed by atoms with Crippen LogP contribution >= 0.6 is 11.3 Å². The second-order valence-corrected chi connectivity index (χ2v) is 5.01. The molecule has 0 spiro atoms. The Hall–Kier alpha value is -1.62. The Balaban J connectivity index is 1.93. The van der Waals surface area contributed by atoms with E-state index < -0.39 is 0 Å². The van der Waals surface area contributed by atoms with Gasteiger partial charge >= 0.3 is 0 Å². The van der Waals surface area contributed by atoms with Crippen LogP contribution in [0.4, 0.5) is 5.95 Å². The molecular weight excluding hydrogens is 246 g/mol. The first-order valence-electron chi connectivity index (χ1n) is 6.02. The van der Waals surface area contributed by atoms with E-state index in [0.717, 1.165) is 6.42 Å². The highest BCUT2D eigenvalue weighted by atomic mass is 32.1. The number of hydrogen-bond acceptors (Lipinski definition) is 5. The van der Waals surface area contributed by atoms with Gasteiger partial charge in [0, 0.05) is 29.6 Å². The largest absolute Gasteiger partial charge is 0.478 e. The van der Waals surface area contributed by atoms with E-state index in [4.69, 9.17) is 4.74 Å². The first-order valence-corrected chi connectivity index (χ1v) is 6.90. The molecule has 2 aromatic rings. The highest BCUT2D eigenvalue weighted by Crippen LogP contribution is 2.14. The van der Waals surface area contributed by atoms with Gasteiger partial charge in [0.1, 0.15) is 0 Å². The second kappa shape index (κ2) is 6.35. The molecule has 1 N–H and O–H groups in total. The van der Waals surface area contributed by atoms with E-state index in [2.05, 4.69) is 39.7 Å². The molecule has 0 fully saturated rings. The highest BCUT2D eigenvalue weighted by molar-refractivity contribution is 7.09. The van der Waals surface area contributed by atoms with Crippen molar-refractivity contribution < 1.29 is 4.74 Å². The fourth-order valence-electron chi connectivity index (χ4n) is 1.64. The Morgan fingerprint density at radius 1 is 1.44 bits per heavy atom. The molecule has 1 atom stereocenters. The third-order valence-corrected chi connectivity index (χ3v) is 3.28. The van der Waals surface area contributed by atoms with Crippen LogP contribution in [0.1, 0.15) is 18.7 Å². The van der Waals surface area contributed by atoms with E-state index in [1.165, 1.54) is 4.88 Å². The zero-order valence-corrected chi connectivity index (χ0v) is 11.4. The molecule has 18 heavy (non-hydrogen) atoms. The zero-order chi connectivity index (χ0) is 12.8. The van der Waals surface area contributed by atoms with Crippen LogP contribution in [0.5, 0.6) is 5.88 Å². The minimum absolute atomic E-state index is 0.292. The molecule has 0 saturated heterocycles. The summed E-state index contributed by atoms with van der Waals surface area (Å²) in [5, 5.41) is 5.37. The van der Waals surface area contributed by atoms with Crippen molar-refractivity contribution in [3.63, 3.8) is 0 Å². The van der Waals surface area contributed by atoms with Crippen LogP contribution in [0.25, 0.3) is 0 Å². The van der Waals surface area contributed by atoms with Gasteiger partial charge in [-0.05, 0) is 25.3 Å². The van der Waals surface area contributed by atoms with Gasteiger partial charge in [0.2, 0.25) is 11.8 Å². The molecule has 0 aromatic carbocycles. The number of hydrogen-bond donors (Lipinski definition) is 1. The molecule has 5 heteroatoms. The topological polar surface area (TPSA) is 47.0 Å². The second-order valence-electron chi connectivity index (χ2n) is 3.98. The van der Waals surface area contributed by atoms with Gasteiger partial charge in [-0.2, -0.15) is 4.98 Å². The molecule has 0 bridgehead atoms. The summed E-state index contributed by atoms with van der Waals surface area (Å²) in [6.07, 6.45) is 2.68. The summed E-state index contributed by atoms with van der Waals surface area (Å²) in [5.74, 6) is 1.23. The first-order chi connectivity index (χ1) is 8.78. The number of nitrogens with zero attached hydrogens (tertiary/aromatic N) is 2. The SMILES string of the molecule is CCOc1ccnc(NC(C)Cc2cccs2)n1. The van der Waals surface area contributed by atoms with Gasteiger partial charge in [-0.15, -0.1) is 11.3 Å². The van der Waals surface area contributed by atoms with Crippen LogP contribution < -0.4 is 10.1 Å². The van der Waals surface area contributed by atoms with Gasteiger partial charge in [0.15, 0.2) is 0 Å². The summed E-state index contributed by atoms with van der Waals surface area (Å²) < 4.78 is 5.34. The van der Waals surface area contributed by atoms with Gasteiger partial charge < -0.3 is 10.1 Å². The third kappa shape index (κ3) is 3.70. The summed E-state index contributed by atoms with van der Waals surface area (Å²) in [4.78, 5) is 9.84. The van der Waals surface area contributed by atoms with Crippen molar-refractivity contribution in [2.45, 2.75) is 26.3 Å². The van der Waals surface area contributed by atoms with Crippen LogP contribution in [-0.4, -0.2) is 22.6 Å². The number of ether oxygens (including phenoxy) is 1. The molecular formula is C13H17N3OS. The number of thiophene rings is 1. The van der Waals surface area contributed by atoms with E-state index in [-0.39, 0.29) is 0 Å². The highest BCUT2D eigenvalue weighted by Gasteiger charge is 2.06. The Labute approximate surface area is 111 Å². The average Bonchev–Trinajstić information content (AvgIpc) is 2.82. The van der Waals surface area contributed by atoms with Crippen molar-refractivity contribution in [3.05, 3.63) is 34.7 Å². The molecule has 0 aliphatic rings. The molecule has 0 radical (unpaired) electrons. The summed E-state index contributed by atoms with van der Waals surface area (Å²) >= 11 is 1.77. The van der Waals surface area contributed by atoms with E-state index in [1.54, 1.807) is 23.6 Å². The lowest BCUT2D eigenvalue weighted by molar-refractivity contribution is 0.326. The molecule has 0 amide bonds. The lowest BCUT2D eigenvalue weighted by Crippen LogP contribution is -2.19. The Bertz CT molecular complexity index is 473. The van der Waals surface area contributed by atoms with Gasteiger partial charge in [0.05, 0.1) is 6.61 Å². The molecule has 0 aliphatic heterocycles. The van der Waals surface area contributed by atoms with Crippen LogP contribution in [0.2, 0.25) is 0 Å². The molecule has 4 nitrogen and oxygen atoms in total. The maximum atomic E-state index is 5.34. The van der Waals surface area contributed by atoms with Crippen molar-refractivity contribution in [1.82, 2.24) is 9.97 Å². The van der Waals surface area contributed by atoms with Crippen molar-refractivity contribution in [1.29, 1.82) is 0 Å². The van der Waals surface area contributed by atoms with Crippen LogP contribution in [0, 0.1) is 0 Å². The maximum absolute atomic E-state index is 5.34. The number of nitrogens with one attached hydrogen (secondary N) is 1. The maximum Gasteiger partial charge on any atom is 0.226 e. The zero-order valence-electron chi connectivity index (χ0n) is 10.6. The summed E-state index contributed by atoms with van der Waals surface area (Å²) in [6.45, 7) is 4.67. The standard InChI is InChI=1S/C13H17N3OS/c1-3-17-12-6-7-14-13(16-12)15-10(2)9-11-5-4-8-18-11/h4-8,10H,3,9H2,1-2H3,(H,14,15,16). The van der Waals surface area contributed by atoms with Gasteiger partial charge in [-0.3, -0.25) is 0 Å². The molecule has 2 heterocycles. The van der Waals surface area contributed by atoms with Crippen LogP contribution in [-0.2, 0) is 6.42 Å². The van der Waals surface area contributed by atoms with Crippen molar-refractivity contribution in [2.75, 3.05) is 11.9 Å². The van der Waals surface area contributed by atoms with Crippen LogP contribution in [0.15, 0.2) is 29.8 Å². The van der Waals surface area contributed by atoms with Gasteiger partial charge in [0.25, 0.3) is 0 Å². The van der Waals surface area contributed by atoms with Gasteiger partial charge in [-0.1, -0.05) is 6.07 Å². The fourth-order valence-corrected chi connectivity index (χ4v) is 2.48. The average molecular weight is 263 g/mol. The minimum atomic E-state index is 0.292. The Morgan fingerprint density at radius 2 is 2.33 bits per heavy atom. The van der Waals surface area contributed by atoms with Crippen LogP contribution in [0.3, 0.4) is 0 Å². The molecule has 2 aromatic heterocycles. The van der Waals surface area contributed by atoms with Crippen molar-refractivity contribution in [3.8, 4) is 5.88 Å². The van der Waals surface area contributed by atoms with Gasteiger partial charge in [-0.25, -0.2) is 4.98 Å². The fraction of sp³-hybridized carbons (Fsp3) is 0.385. The number of aromatic nitrogens is 2. The van der Waals surface area contributed by atoms with Crippen molar-refractivity contribution >= 4 is 17.3 Å². The predicted octanol–water partition coefficient (Wildman–Crippen LogP) is 2.98. The minimum Gasteiger partial charge on any atom is -0.478 e.